The Hall–Kier alpha value is -2.01. The van der Waals surface area contributed by atoms with Crippen molar-refractivity contribution in [3.63, 3.8) is 0 Å². The van der Waals surface area contributed by atoms with Crippen molar-refractivity contribution in [1.82, 2.24) is 4.90 Å². The Morgan fingerprint density at radius 2 is 1.77 bits per heavy atom. The molecule has 2 atom stereocenters. The molecule has 2 aromatic rings. The maximum absolute atomic E-state index is 11.6. The highest BCUT2D eigenvalue weighted by Crippen LogP contribution is 2.47. The van der Waals surface area contributed by atoms with E-state index in [0.717, 1.165) is 22.2 Å². The summed E-state index contributed by atoms with van der Waals surface area (Å²) >= 11 is 3.42. The molecule has 0 unspecified atom stereocenters. The molecule has 0 spiro atoms. The van der Waals surface area contributed by atoms with Crippen LogP contribution in [0.5, 0.6) is 5.75 Å². The second-order valence-electron chi connectivity index (χ2n) is 7.72. The number of rotatable bonds is 5. The Morgan fingerprint density at radius 3 is 2.31 bits per heavy atom. The van der Waals surface area contributed by atoms with Crippen molar-refractivity contribution in [2.45, 2.75) is 51.3 Å². The fourth-order valence-electron chi connectivity index (χ4n) is 3.31. The largest absolute Gasteiger partial charge is 0.489 e. The Labute approximate surface area is 162 Å². The summed E-state index contributed by atoms with van der Waals surface area (Å²) in [5.41, 5.74) is 1.89. The topological polar surface area (TPSA) is 49.8 Å². The quantitative estimate of drug-likeness (QED) is 0.682. The van der Waals surface area contributed by atoms with Gasteiger partial charge >= 0.3 is 6.09 Å². The van der Waals surface area contributed by atoms with Crippen LogP contribution in [0.15, 0.2) is 53.0 Å². The molecule has 0 saturated heterocycles. The molecule has 1 N–H and O–H groups in total. The lowest BCUT2D eigenvalue weighted by molar-refractivity contribution is 0.0940. The van der Waals surface area contributed by atoms with Gasteiger partial charge in [0.05, 0.1) is 0 Å². The number of nitrogens with zero attached hydrogens (tertiary/aromatic N) is 1. The number of carbonyl (C=O) groups is 1. The predicted octanol–water partition coefficient (Wildman–Crippen LogP) is 5.66. The molecule has 0 aromatic heterocycles. The number of carboxylic acid groups (broad SMARTS) is 1. The van der Waals surface area contributed by atoms with Crippen molar-refractivity contribution < 1.29 is 14.6 Å². The van der Waals surface area contributed by atoms with Crippen LogP contribution in [0, 0.1) is 0 Å². The van der Waals surface area contributed by atoms with Crippen molar-refractivity contribution in [1.29, 1.82) is 0 Å². The van der Waals surface area contributed by atoms with Gasteiger partial charge in [-0.2, -0.15) is 0 Å². The van der Waals surface area contributed by atoms with Gasteiger partial charge in [0.2, 0.25) is 0 Å². The van der Waals surface area contributed by atoms with E-state index in [2.05, 4.69) is 15.9 Å². The van der Waals surface area contributed by atoms with E-state index in [1.165, 1.54) is 5.56 Å². The number of amides is 1. The maximum atomic E-state index is 11.6. The molecule has 2 aromatic carbocycles. The van der Waals surface area contributed by atoms with Gasteiger partial charge in [0.1, 0.15) is 12.4 Å². The average Bonchev–Trinajstić information content (AvgIpc) is 3.33. The molecule has 1 aliphatic rings. The zero-order valence-corrected chi connectivity index (χ0v) is 16.9. The smallest absolute Gasteiger partial charge is 0.408 e. The molecule has 3 rings (SSSR count). The van der Waals surface area contributed by atoms with Gasteiger partial charge in [-0.1, -0.05) is 40.2 Å². The predicted molar refractivity (Wildman–Crippen MR) is 106 cm³/mol. The van der Waals surface area contributed by atoms with E-state index >= 15 is 0 Å². The number of benzene rings is 2. The third kappa shape index (κ3) is 4.39. The van der Waals surface area contributed by atoms with Gasteiger partial charge < -0.3 is 9.84 Å². The normalized spacial score (nSPS) is 19.1. The van der Waals surface area contributed by atoms with Crippen LogP contribution in [-0.4, -0.2) is 27.7 Å². The van der Waals surface area contributed by atoms with E-state index in [4.69, 9.17) is 4.74 Å². The van der Waals surface area contributed by atoms with Crippen molar-refractivity contribution >= 4 is 22.0 Å². The van der Waals surface area contributed by atoms with Crippen molar-refractivity contribution in [3.05, 3.63) is 64.1 Å². The highest BCUT2D eigenvalue weighted by atomic mass is 79.9. The third-order valence-corrected chi connectivity index (χ3v) is 5.17. The lowest BCUT2D eigenvalue weighted by Crippen LogP contribution is -2.46. The summed E-state index contributed by atoms with van der Waals surface area (Å²) < 4.78 is 6.89. The molecule has 0 bridgehead atoms. The van der Waals surface area contributed by atoms with Crippen molar-refractivity contribution in [3.8, 4) is 5.75 Å². The van der Waals surface area contributed by atoms with Crippen LogP contribution < -0.4 is 4.74 Å². The van der Waals surface area contributed by atoms with Crippen LogP contribution in [0.25, 0.3) is 0 Å². The number of hydrogen-bond acceptors (Lipinski definition) is 2. The first-order valence-electron chi connectivity index (χ1n) is 8.75. The van der Waals surface area contributed by atoms with E-state index in [-0.39, 0.29) is 17.5 Å². The first kappa shape index (κ1) is 18.8. The fraction of sp³-hybridized carbons (Fsp3) is 0.381. The average molecular weight is 418 g/mol. The molecule has 26 heavy (non-hydrogen) atoms. The summed E-state index contributed by atoms with van der Waals surface area (Å²) in [6.07, 6.45) is 0.0299. The van der Waals surface area contributed by atoms with Gasteiger partial charge in [-0.05, 0) is 62.6 Å². The van der Waals surface area contributed by atoms with Gasteiger partial charge in [0, 0.05) is 22.0 Å². The Kier molecular flexibility index (Phi) is 5.28. The molecule has 4 nitrogen and oxygen atoms in total. The SMILES string of the molecule is CC(C)(C)N(C(=O)O)[C@@H]1C[C@H]1c1ccc(OCc2ccc(Br)cc2)cc1. The molecule has 0 aliphatic heterocycles. The van der Waals surface area contributed by atoms with Crippen LogP contribution in [-0.2, 0) is 6.61 Å². The Balaban J connectivity index is 1.60. The van der Waals surface area contributed by atoms with Gasteiger partial charge in [0.25, 0.3) is 0 Å². The lowest BCUT2D eigenvalue weighted by Gasteiger charge is -2.33. The summed E-state index contributed by atoms with van der Waals surface area (Å²) in [5.74, 6) is 1.09. The summed E-state index contributed by atoms with van der Waals surface area (Å²) in [4.78, 5) is 13.2. The monoisotopic (exact) mass is 417 g/mol. The molecule has 0 radical (unpaired) electrons. The number of hydrogen-bond donors (Lipinski definition) is 1. The summed E-state index contributed by atoms with van der Waals surface area (Å²) in [5, 5.41) is 9.53. The summed E-state index contributed by atoms with van der Waals surface area (Å²) in [6, 6.07) is 16.1. The fourth-order valence-corrected chi connectivity index (χ4v) is 3.57. The second-order valence-corrected chi connectivity index (χ2v) is 8.63. The third-order valence-electron chi connectivity index (χ3n) is 4.64. The Bertz CT molecular complexity index is 765. The minimum atomic E-state index is -0.848. The van der Waals surface area contributed by atoms with Crippen LogP contribution in [0.3, 0.4) is 0 Å². The van der Waals surface area contributed by atoms with E-state index < -0.39 is 6.09 Å². The van der Waals surface area contributed by atoms with Gasteiger partial charge in [-0.15, -0.1) is 0 Å². The van der Waals surface area contributed by atoms with Gasteiger partial charge in [0.15, 0.2) is 0 Å². The second kappa shape index (κ2) is 7.31. The van der Waals surface area contributed by atoms with Crippen molar-refractivity contribution in [2.75, 3.05) is 0 Å². The van der Waals surface area contributed by atoms with E-state index in [0.29, 0.717) is 6.61 Å². The maximum Gasteiger partial charge on any atom is 0.408 e. The summed E-state index contributed by atoms with van der Waals surface area (Å²) in [6.45, 7) is 6.34. The molecule has 1 aliphatic carbocycles. The highest BCUT2D eigenvalue weighted by molar-refractivity contribution is 9.10. The molecule has 1 fully saturated rings. The minimum Gasteiger partial charge on any atom is -0.489 e. The number of halogens is 1. The Morgan fingerprint density at radius 1 is 1.15 bits per heavy atom. The van der Waals surface area contributed by atoms with Crippen LogP contribution in [0.1, 0.15) is 44.2 Å². The zero-order chi connectivity index (χ0) is 18.9. The van der Waals surface area contributed by atoms with Gasteiger partial charge in [-0.3, -0.25) is 4.90 Å². The zero-order valence-electron chi connectivity index (χ0n) is 15.3. The molecule has 138 valence electrons. The van der Waals surface area contributed by atoms with Crippen LogP contribution >= 0.6 is 15.9 Å². The minimum absolute atomic E-state index is 0.0574. The van der Waals surface area contributed by atoms with Crippen LogP contribution in [0.4, 0.5) is 4.79 Å². The molecule has 5 heteroatoms. The standard InChI is InChI=1S/C21H24BrNO3/c1-21(2,3)23(20(24)25)19-12-18(19)15-6-10-17(11-7-15)26-13-14-4-8-16(22)9-5-14/h4-11,18-19H,12-13H2,1-3H3,(H,24,25)/t18-,19+/m0/s1. The molecule has 1 saturated carbocycles. The first-order valence-corrected chi connectivity index (χ1v) is 9.54. The molecule has 0 heterocycles. The lowest BCUT2D eigenvalue weighted by atomic mass is 10.1. The molecule has 1 amide bonds. The molecular weight excluding hydrogens is 394 g/mol. The van der Waals surface area contributed by atoms with Gasteiger partial charge in [-0.25, -0.2) is 4.79 Å². The first-order chi connectivity index (χ1) is 12.3. The van der Waals surface area contributed by atoms with E-state index in [1.54, 1.807) is 4.90 Å². The highest BCUT2D eigenvalue weighted by Gasteiger charge is 2.48. The van der Waals surface area contributed by atoms with E-state index in [1.807, 2.05) is 69.3 Å². The molecular formula is C21H24BrNO3. The summed E-state index contributed by atoms with van der Waals surface area (Å²) in [7, 11) is 0. The van der Waals surface area contributed by atoms with Crippen molar-refractivity contribution in [2.24, 2.45) is 0 Å². The van der Waals surface area contributed by atoms with E-state index in [9.17, 15) is 9.90 Å². The number of ether oxygens (including phenoxy) is 1. The van der Waals surface area contributed by atoms with Crippen LogP contribution in [0.2, 0.25) is 0 Å².